The van der Waals surface area contributed by atoms with E-state index in [0.29, 0.717) is 23.2 Å². The van der Waals surface area contributed by atoms with Gasteiger partial charge >= 0.3 is 0 Å². The Hall–Kier alpha value is -4.74. The van der Waals surface area contributed by atoms with Gasteiger partial charge in [-0.2, -0.15) is 5.26 Å². The van der Waals surface area contributed by atoms with Gasteiger partial charge in [-0.1, -0.05) is 30.3 Å². The van der Waals surface area contributed by atoms with Crippen molar-refractivity contribution in [2.75, 3.05) is 31.1 Å². The topological polar surface area (TPSA) is 79.3 Å². The molecule has 3 aromatic carbocycles. The Morgan fingerprint density at radius 2 is 1.75 bits per heavy atom. The molecule has 1 atom stereocenters. The highest BCUT2D eigenvalue weighted by Crippen LogP contribution is 2.35. The monoisotopic (exact) mass is 584 g/mol. The Morgan fingerprint density at radius 3 is 2.57 bits per heavy atom. The number of nitriles is 1. The summed E-state index contributed by atoms with van der Waals surface area (Å²) in [5.74, 6) is 0.577. The lowest BCUT2D eigenvalue weighted by molar-refractivity contribution is 0.0532. The molecule has 0 bridgehead atoms. The number of rotatable bonds is 4. The molecule has 0 saturated carbocycles. The lowest BCUT2D eigenvalue weighted by atomic mass is 9.99. The van der Waals surface area contributed by atoms with Gasteiger partial charge in [0.05, 0.1) is 34.4 Å². The maximum atomic E-state index is 14.6. The van der Waals surface area contributed by atoms with Crippen molar-refractivity contribution >= 4 is 33.5 Å². The van der Waals surface area contributed by atoms with E-state index in [-0.39, 0.29) is 17.9 Å². The summed E-state index contributed by atoms with van der Waals surface area (Å²) in [4.78, 5) is 29.7. The summed E-state index contributed by atoms with van der Waals surface area (Å²) in [6.45, 7) is 4.15. The van der Waals surface area contributed by atoms with Crippen molar-refractivity contribution in [3.63, 3.8) is 0 Å². The fourth-order valence-electron chi connectivity index (χ4n) is 7.43. The predicted octanol–water partition coefficient (Wildman–Crippen LogP) is 6.61. The fourth-order valence-corrected chi connectivity index (χ4v) is 7.43. The van der Waals surface area contributed by atoms with E-state index in [4.69, 9.17) is 4.98 Å². The standard InChI is InChI=1S/C36H33FN6O/c37-30-6-3-5-26-29-22-42(18-14-32(29)40-35(26)30)33-20-28(36(44)43-17-4-7-34(43)41-15-1-2-16-41)27-19-25(12-13-31(27)39-33)24-10-8-23(21-38)9-11-24/h3,5-6,8-13,19-20,34,40H,1-2,4,7,14-18,22H2. The highest BCUT2D eigenvalue weighted by Gasteiger charge is 2.36. The lowest BCUT2D eigenvalue weighted by Gasteiger charge is -2.33. The molecule has 1 N–H and O–H groups in total. The summed E-state index contributed by atoms with van der Waals surface area (Å²) < 4.78 is 14.6. The Morgan fingerprint density at radius 1 is 0.932 bits per heavy atom. The van der Waals surface area contributed by atoms with Gasteiger partial charge in [-0.25, -0.2) is 9.37 Å². The van der Waals surface area contributed by atoms with Gasteiger partial charge in [0.2, 0.25) is 0 Å². The second-order valence-corrected chi connectivity index (χ2v) is 12.2. The molecular formula is C36H33FN6O. The first-order chi connectivity index (χ1) is 21.6. The number of aromatic amines is 1. The van der Waals surface area contributed by atoms with Crippen LogP contribution in [0.5, 0.6) is 0 Å². The minimum absolute atomic E-state index is 0.0527. The van der Waals surface area contributed by atoms with Crippen molar-refractivity contribution in [2.45, 2.75) is 44.8 Å². The SMILES string of the molecule is N#Cc1ccc(-c2ccc3nc(N4CCc5[nH]c6c(F)cccc6c5C4)cc(C(=O)N4CCCC4N4CCCC4)c3c2)cc1. The van der Waals surface area contributed by atoms with E-state index in [1.807, 2.05) is 48.5 Å². The highest BCUT2D eigenvalue weighted by atomic mass is 19.1. The molecule has 8 heteroatoms. The van der Waals surface area contributed by atoms with Crippen LogP contribution in [0, 0.1) is 17.1 Å². The number of H-pyrrole nitrogens is 1. The quantitative estimate of drug-likeness (QED) is 0.257. The van der Waals surface area contributed by atoms with Crippen molar-refractivity contribution in [1.29, 1.82) is 5.26 Å². The molecule has 44 heavy (non-hydrogen) atoms. The number of para-hydroxylation sites is 1. The van der Waals surface area contributed by atoms with Crippen molar-refractivity contribution < 1.29 is 9.18 Å². The summed E-state index contributed by atoms with van der Waals surface area (Å²) in [5.41, 5.74) is 6.73. The first kappa shape index (κ1) is 26.9. The van der Waals surface area contributed by atoms with Gasteiger partial charge in [-0.3, -0.25) is 9.69 Å². The average Bonchev–Trinajstić information content (AvgIpc) is 3.84. The Kier molecular flexibility index (Phi) is 6.57. The molecule has 5 aromatic rings. The normalized spacial score (nSPS) is 18.7. The molecule has 8 rings (SSSR count). The number of benzene rings is 3. The van der Waals surface area contributed by atoms with Crippen molar-refractivity contribution in [2.24, 2.45) is 0 Å². The first-order valence-electron chi connectivity index (χ1n) is 15.6. The summed E-state index contributed by atoms with van der Waals surface area (Å²) in [5, 5.41) is 11.0. The maximum Gasteiger partial charge on any atom is 0.255 e. The van der Waals surface area contributed by atoms with Gasteiger partial charge in [-0.15, -0.1) is 0 Å². The molecule has 2 fully saturated rings. The van der Waals surface area contributed by atoms with Crippen molar-refractivity contribution in [1.82, 2.24) is 19.8 Å². The van der Waals surface area contributed by atoms with Crippen LogP contribution >= 0.6 is 0 Å². The van der Waals surface area contributed by atoms with E-state index < -0.39 is 0 Å². The summed E-state index contributed by atoms with van der Waals surface area (Å²) >= 11 is 0. The summed E-state index contributed by atoms with van der Waals surface area (Å²) in [6.07, 6.45) is 5.26. The molecule has 1 unspecified atom stereocenters. The van der Waals surface area contributed by atoms with Crippen LogP contribution in [0.15, 0.2) is 66.7 Å². The van der Waals surface area contributed by atoms with E-state index in [2.05, 4.69) is 31.8 Å². The molecule has 2 aromatic heterocycles. The number of hydrogen-bond donors (Lipinski definition) is 1. The minimum atomic E-state index is -0.239. The first-order valence-corrected chi connectivity index (χ1v) is 15.6. The van der Waals surface area contributed by atoms with Gasteiger partial charge in [0.15, 0.2) is 0 Å². The Labute approximate surface area is 255 Å². The van der Waals surface area contributed by atoms with Crippen LogP contribution < -0.4 is 4.90 Å². The number of carbonyl (C=O) groups is 1. The Bertz CT molecular complexity index is 1950. The zero-order chi connectivity index (χ0) is 29.8. The molecule has 0 radical (unpaired) electrons. The van der Waals surface area contributed by atoms with Gasteiger partial charge in [-0.05, 0) is 73.2 Å². The number of nitrogens with zero attached hydrogens (tertiary/aromatic N) is 5. The number of hydrogen-bond acceptors (Lipinski definition) is 5. The van der Waals surface area contributed by atoms with Crippen LogP contribution in [0.3, 0.4) is 0 Å². The molecule has 0 aliphatic carbocycles. The Balaban J connectivity index is 1.22. The van der Waals surface area contributed by atoms with Crippen LogP contribution in [-0.4, -0.2) is 58.0 Å². The smallest absolute Gasteiger partial charge is 0.255 e. The molecule has 7 nitrogen and oxygen atoms in total. The van der Waals surface area contributed by atoms with E-state index in [9.17, 15) is 14.4 Å². The average molecular weight is 585 g/mol. The minimum Gasteiger partial charge on any atom is -0.356 e. The van der Waals surface area contributed by atoms with Gasteiger partial charge in [0.25, 0.3) is 5.91 Å². The molecule has 3 aliphatic rings. The lowest BCUT2D eigenvalue weighted by Crippen LogP contribution is -2.46. The number of carbonyl (C=O) groups excluding carboxylic acids is 1. The third kappa shape index (κ3) is 4.51. The number of pyridine rings is 1. The van der Waals surface area contributed by atoms with Crippen molar-refractivity contribution in [3.05, 3.63) is 94.9 Å². The van der Waals surface area contributed by atoms with Crippen LogP contribution in [-0.2, 0) is 13.0 Å². The molecular weight excluding hydrogens is 551 g/mol. The molecule has 1 amide bonds. The second-order valence-electron chi connectivity index (χ2n) is 12.2. The summed E-state index contributed by atoms with van der Waals surface area (Å²) in [6, 6.07) is 23.0. The van der Waals surface area contributed by atoms with Crippen LogP contribution in [0.25, 0.3) is 32.9 Å². The zero-order valence-electron chi connectivity index (χ0n) is 24.5. The van der Waals surface area contributed by atoms with Crippen LogP contribution in [0.4, 0.5) is 10.2 Å². The molecule has 2 saturated heterocycles. The fraction of sp³-hybridized carbons (Fsp3) is 0.306. The number of anilines is 1. The zero-order valence-corrected chi connectivity index (χ0v) is 24.5. The predicted molar refractivity (Wildman–Crippen MR) is 170 cm³/mol. The van der Waals surface area contributed by atoms with Crippen LogP contribution in [0.2, 0.25) is 0 Å². The highest BCUT2D eigenvalue weighted by molar-refractivity contribution is 6.08. The molecule has 220 valence electrons. The number of aromatic nitrogens is 2. The number of nitrogens with one attached hydrogen (secondary N) is 1. The maximum absolute atomic E-state index is 14.6. The van der Waals surface area contributed by atoms with E-state index in [1.165, 1.54) is 18.9 Å². The molecule has 0 spiro atoms. The van der Waals surface area contributed by atoms with Gasteiger partial charge < -0.3 is 14.8 Å². The largest absolute Gasteiger partial charge is 0.356 e. The number of likely N-dealkylation sites (tertiary alicyclic amines) is 2. The van der Waals surface area contributed by atoms with E-state index in [0.717, 1.165) is 89.9 Å². The van der Waals surface area contributed by atoms with Crippen LogP contribution in [0.1, 0.15) is 52.9 Å². The molecule has 3 aliphatic heterocycles. The number of amides is 1. The van der Waals surface area contributed by atoms with Gasteiger partial charge in [0, 0.05) is 61.2 Å². The number of fused-ring (bicyclic) bond motifs is 4. The molecule has 5 heterocycles. The van der Waals surface area contributed by atoms with E-state index in [1.54, 1.807) is 6.07 Å². The summed E-state index contributed by atoms with van der Waals surface area (Å²) in [7, 11) is 0. The third-order valence-corrected chi connectivity index (χ3v) is 9.70. The third-order valence-electron chi connectivity index (χ3n) is 9.70. The second kappa shape index (κ2) is 10.8. The van der Waals surface area contributed by atoms with Gasteiger partial charge in [0.1, 0.15) is 11.6 Å². The number of halogens is 1. The van der Waals surface area contributed by atoms with E-state index >= 15 is 0 Å². The van der Waals surface area contributed by atoms with Crippen molar-refractivity contribution in [3.8, 4) is 17.2 Å².